The fourth-order valence-corrected chi connectivity index (χ4v) is 2.92. The van der Waals surface area contributed by atoms with Gasteiger partial charge in [-0.3, -0.25) is 4.90 Å². The van der Waals surface area contributed by atoms with E-state index in [1.54, 1.807) is 6.07 Å². The summed E-state index contributed by atoms with van der Waals surface area (Å²) in [4.78, 5) is 2.39. The van der Waals surface area contributed by atoms with Crippen LogP contribution >= 0.6 is 28.3 Å². The largest absolute Gasteiger partial charge is 0.315 e. The number of nitrogens with zero attached hydrogens (tertiary/aromatic N) is 1. The molecular weight excluding hydrogens is 331 g/mol. The molecule has 1 aromatic carbocycles. The second-order valence-electron chi connectivity index (χ2n) is 4.85. The van der Waals surface area contributed by atoms with Crippen LogP contribution in [0, 0.1) is 5.82 Å². The minimum absolute atomic E-state index is 0. The van der Waals surface area contributed by atoms with Crippen molar-refractivity contribution in [2.75, 3.05) is 19.6 Å². The van der Waals surface area contributed by atoms with Gasteiger partial charge in [-0.05, 0) is 44.1 Å². The zero-order chi connectivity index (χ0) is 13.0. The van der Waals surface area contributed by atoms with Gasteiger partial charge in [-0.2, -0.15) is 0 Å². The SMILES string of the molecule is CCCN(Cc1cc(Br)ccc1F)C1CCNC1.Cl. The summed E-state index contributed by atoms with van der Waals surface area (Å²) >= 11 is 3.41. The summed E-state index contributed by atoms with van der Waals surface area (Å²) in [7, 11) is 0. The molecule has 19 heavy (non-hydrogen) atoms. The maximum absolute atomic E-state index is 13.8. The van der Waals surface area contributed by atoms with Crippen molar-refractivity contribution >= 4 is 28.3 Å². The van der Waals surface area contributed by atoms with Crippen molar-refractivity contribution in [3.8, 4) is 0 Å². The van der Waals surface area contributed by atoms with E-state index in [2.05, 4.69) is 33.1 Å². The van der Waals surface area contributed by atoms with Crippen LogP contribution in [0.3, 0.4) is 0 Å². The molecule has 0 saturated carbocycles. The zero-order valence-electron chi connectivity index (χ0n) is 11.2. The number of nitrogens with one attached hydrogen (secondary N) is 1. The third-order valence-corrected chi connectivity index (χ3v) is 3.94. The van der Waals surface area contributed by atoms with E-state index in [9.17, 15) is 4.39 Å². The Hall–Kier alpha value is -0.160. The zero-order valence-corrected chi connectivity index (χ0v) is 13.6. The van der Waals surface area contributed by atoms with Crippen LogP contribution in [0.25, 0.3) is 0 Å². The quantitative estimate of drug-likeness (QED) is 0.872. The summed E-state index contributed by atoms with van der Waals surface area (Å²) in [5, 5.41) is 3.38. The lowest BCUT2D eigenvalue weighted by molar-refractivity contribution is 0.197. The van der Waals surface area contributed by atoms with Crippen molar-refractivity contribution < 1.29 is 4.39 Å². The van der Waals surface area contributed by atoms with E-state index in [4.69, 9.17) is 0 Å². The molecule has 0 aromatic heterocycles. The van der Waals surface area contributed by atoms with Gasteiger partial charge in [0, 0.05) is 29.2 Å². The highest BCUT2D eigenvalue weighted by Crippen LogP contribution is 2.20. The Balaban J connectivity index is 0.00000180. The molecule has 0 amide bonds. The van der Waals surface area contributed by atoms with Crippen LogP contribution < -0.4 is 5.32 Å². The summed E-state index contributed by atoms with van der Waals surface area (Å²) in [6.45, 7) is 6.00. The van der Waals surface area contributed by atoms with Crippen LogP contribution in [0.1, 0.15) is 25.3 Å². The normalized spacial score (nSPS) is 18.6. The van der Waals surface area contributed by atoms with Gasteiger partial charge in [0.15, 0.2) is 0 Å². The standard InChI is InChI=1S/C14H20BrFN2.ClH/c1-2-7-18(13-5-6-17-9-13)10-11-8-12(15)3-4-14(11)16;/h3-4,8,13,17H,2,5-7,9-10H2,1H3;1H. The van der Waals surface area contributed by atoms with E-state index in [1.807, 2.05) is 6.07 Å². The minimum atomic E-state index is -0.106. The highest BCUT2D eigenvalue weighted by molar-refractivity contribution is 9.10. The molecule has 1 saturated heterocycles. The fourth-order valence-electron chi connectivity index (χ4n) is 2.51. The van der Waals surface area contributed by atoms with Gasteiger partial charge in [-0.15, -0.1) is 12.4 Å². The van der Waals surface area contributed by atoms with Gasteiger partial charge in [-0.25, -0.2) is 4.39 Å². The Morgan fingerprint density at radius 3 is 2.89 bits per heavy atom. The molecule has 1 fully saturated rings. The highest BCUT2D eigenvalue weighted by atomic mass is 79.9. The summed E-state index contributed by atoms with van der Waals surface area (Å²) in [6.07, 6.45) is 2.27. The van der Waals surface area contributed by atoms with Crippen molar-refractivity contribution in [2.45, 2.75) is 32.4 Å². The van der Waals surface area contributed by atoms with Crippen molar-refractivity contribution in [3.63, 3.8) is 0 Å². The number of hydrogen-bond acceptors (Lipinski definition) is 2. The first-order chi connectivity index (χ1) is 8.70. The molecule has 1 N–H and O–H groups in total. The molecule has 1 heterocycles. The number of halogens is 3. The Morgan fingerprint density at radius 1 is 1.47 bits per heavy atom. The second-order valence-corrected chi connectivity index (χ2v) is 5.77. The lowest BCUT2D eigenvalue weighted by Crippen LogP contribution is -2.37. The van der Waals surface area contributed by atoms with Gasteiger partial charge < -0.3 is 5.32 Å². The smallest absolute Gasteiger partial charge is 0.127 e. The van der Waals surface area contributed by atoms with Gasteiger partial charge >= 0.3 is 0 Å². The molecule has 2 rings (SSSR count). The molecule has 1 aliphatic rings. The van der Waals surface area contributed by atoms with Crippen molar-refractivity contribution in [1.82, 2.24) is 10.2 Å². The number of hydrogen-bond donors (Lipinski definition) is 1. The summed E-state index contributed by atoms with van der Waals surface area (Å²) in [5.74, 6) is -0.106. The van der Waals surface area contributed by atoms with Crippen LogP contribution in [0.5, 0.6) is 0 Å². The molecule has 0 spiro atoms. The molecular formula is C14H21BrClFN2. The van der Waals surface area contributed by atoms with Gasteiger partial charge in [0.25, 0.3) is 0 Å². The van der Waals surface area contributed by atoms with E-state index in [0.29, 0.717) is 12.6 Å². The average Bonchev–Trinajstić information content (AvgIpc) is 2.87. The van der Waals surface area contributed by atoms with Gasteiger partial charge in [0.1, 0.15) is 5.82 Å². The summed E-state index contributed by atoms with van der Waals surface area (Å²) in [5.41, 5.74) is 0.782. The van der Waals surface area contributed by atoms with Gasteiger partial charge in [0.05, 0.1) is 0 Å². The lowest BCUT2D eigenvalue weighted by Gasteiger charge is -2.28. The molecule has 2 nitrogen and oxygen atoms in total. The maximum Gasteiger partial charge on any atom is 0.127 e. The monoisotopic (exact) mass is 350 g/mol. The predicted molar refractivity (Wildman–Crippen MR) is 83.3 cm³/mol. The summed E-state index contributed by atoms with van der Waals surface area (Å²) < 4.78 is 14.7. The van der Waals surface area contributed by atoms with Crippen LogP contribution in [0.15, 0.2) is 22.7 Å². The van der Waals surface area contributed by atoms with Crippen molar-refractivity contribution in [1.29, 1.82) is 0 Å². The fraction of sp³-hybridized carbons (Fsp3) is 0.571. The molecule has 1 aromatic rings. The second kappa shape index (κ2) is 8.20. The Labute approximate surface area is 129 Å². The molecule has 0 radical (unpaired) electrons. The van der Waals surface area contributed by atoms with Gasteiger partial charge in [-0.1, -0.05) is 22.9 Å². The molecule has 0 bridgehead atoms. The topological polar surface area (TPSA) is 15.3 Å². The van der Waals surface area contributed by atoms with Gasteiger partial charge in [0.2, 0.25) is 0 Å². The van der Waals surface area contributed by atoms with E-state index < -0.39 is 0 Å². The Morgan fingerprint density at radius 2 is 2.26 bits per heavy atom. The summed E-state index contributed by atoms with van der Waals surface area (Å²) in [6, 6.07) is 5.72. The van der Waals surface area contributed by atoms with Crippen LogP contribution in [-0.4, -0.2) is 30.6 Å². The molecule has 1 aliphatic heterocycles. The minimum Gasteiger partial charge on any atom is -0.315 e. The Kier molecular flexibility index (Phi) is 7.29. The average molecular weight is 352 g/mol. The van der Waals surface area contributed by atoms with Crippen LogP contribution in [0.2, 0.25) is 0 Å². The van der Waals surface area contributed by atoms with E-state index >= 15 is 0 Å². The first kappa shape index (κ1) is 16.9. The van der Waals surface area contributed by atoms with Crippen LogP contribution in [0.4, 0.5) is 4.39 Å². The first-order valence-electron chi connectivity index (χ1n) is 6.59. The molecule has 0 aliphatic carbocycles. The third-order valence-electron chi connectivity index (χ3n) is 3.44. The molecule has 108 valence electrons. The first-order valence-corrected chi connectivity index (χ1v) is 7.38. The van der Waals surface area contributed by atoms with E-state index in [1.165, 1.54) is 6.07 Å². The van der Waals surface area contributed by atoms with E-state index in [0.717, 1.165) is 42.5 Å². The van der Waals surface area contributed by atoms with Crippen LogP contribution in [-0.2, 0) is 6.54 Å². The maximum atomic E-state index is 13.8. The van der Waals surface area contributed by atoms with Crippen molar-refractivity contribution in [2.24, 2.45) is 0 Å². The molecule has 1 unspecified atom stereocenters. The highest BCUT2D eigenvalue weighted by Gasteiger charge is 2.22. The molecule has 1 atom stereocenters. The third kappa shape index (κ3) is 4.71. The number of rotatable bonds is 5. The van der Waals surface area contributed by atoms with E-state index in [-0.39, 0.29) is 18.2 Å². The molecule has 5 heteroatoms. The lowest BCUT2D eigenvalue weighted by atomic mass is 10.1. The predicted octanol–water partition coefficient (Wildman–Crippen LogP) is 3.58. The number of benzene rings is 1. The van der Waals surface area contributed by atoms with Crippen molar-refractivity contribution in [3.05, 3.63) is 34.1 Å². The Bertz CT molecular complexity index is 397.